The van der Waals surface area contributed by atoms with E-state index in [1.165, 1.54) is 18.2 Å². The molecule has 0 saturated carbocycles. The summed E-state index contributed by atoms with van der Waals surface area (Å²) in [6.45, 7) is 1.58. The molecule has 1 fully saturated rings. The number of aromatic nitrogens is 4. The standard InChI is InChI=1S/C20H18F4N6O/c21-16-6-1-2-7-17(16)28-8-10-29(11-9-28)18(31)13-30-26-19(25-27-30)14-4-3-5-15(12-14)20(22,23)24/h1-7,12H,8-11,13H2. The van der Waals surface area contributed by atoms with Gasteiger partial charge < -0.3 is 9.80 Å². The third kappa shape index (κ3) is 4.65. The van der Waals surface area contributed by atoms with Crippen LogP contribution in [-0.2, 0) is 17.5 Å². The van der Waals surface area contributed by atoms with Crippen LogP contribution in [0.25, 0.3) is 11.4 Å². The highest BCUT2D eigenvalue weighted by Gasteiger charge is 2.31. The van der Waals surface area contributed by atoms with E-state index < -0.39 is 11.7 Å². The molecule has 0 radical (unpaired) electrons. The van der Waals surface area contributed by atoms with Crippen molar-refractivity contribution in [1.29, 1.82) is 0 Å². The fourth-order valence-corrected chi connectivity index (χ4v) is 3.39. The van der Waals surface area contributed by atoms with Crippen LogP contribution in [0.1, 0.15) is 5.56 Å². The van der Waals surface area contributed by atoms with Crippen molar-refractivity contribution in [2.24, 2.45) is 0 Å². The van der Waals surface area contributed by atoms with Gasteiger partial charge in [0.1, 0.15) is 12.4 Å². The van der Waals surface area contributed by atoms with Gasteiger partial charge in [0.15, 0.2) is 0 Å². The van der Waals surface area contributed by atoms with Gasteiger partial charge in [0.2, 0.25) is 11.7 Å². The molecule has 11 heteroatoms. The van der Waals surface area contributed by atoms with Gasteiger partial charge in [-0.1, -0.05) is 24.3 Å². The number of para-hydroxylation sites is 1. The molecule has 1 aliphatic rings. The van der Waals surface area contributed by atoms with Crippen molar-refractivity contribution < 1.29 is 22.4 Å². The quantitative estimate of drug-likeness (QED) is 0.591. The first-order valence-corrected chi connectivity index (χ1v) is 9.54. The number of benzene rings is 2. The highest BCUT2D eigenvalue weighted by Crippen LogP contribution is 2.31. The molecule has 2 heterocycles. The highest BCUT2D eigenvalue weighted by molar-refractivity contribution is 5.76. The predicted octanol–water partition coefficient (Wildman–Crippen LogP) is 2.85. The summed E-state index contributed by atoms with van der Waals surface area (Å²) in [7, 11) is 0. The Morgan fingerprint density at radius 3 is 2.45 bits per heavy atom. The van der Waals surface area contributed by atoms with E-state index in [0.717, 1.165) is 16.9 Å². The van der Waals surface area contributed by atoms with E-state index in [-0.39, 0.29) is 29.7 Å². The molecule has 0 N–H and O–H groups in total. The van der Waals surface area contributed by atoms with E-state index in [1.54, 1.807) is 23.1 Å². The molecule has 0 unspecified atom stereocenters. The van der Waals surface area contributed by atoms with Gasteiger partial charge in [0.25, 0.3) is 0 Å². The molecule has 31 heavy (non-hydrogen) atoms. The van der Waals surface area contributed by atoms with E-state index in [9.17, 15) is 22.4 Å². The number of tetrazole rings is 1. The van der Waals surface area contributed by atoms with Crippen molar-refractivity contribution in [3.05, 3.63) is 59.9 Å². The van der Waals surface area contributed by atoms with E-state index >= 15 is 0 Å². The number of carbonyl (C=O) groups excluding carboxylic acids is 1. The van der Waals surface area contributed by atoms with Gasteiger partial charge >= 0.3 is 6.18 Å². The van der Waals surface area contributed by atoms with Gasteiger partial charge in [-0.25, -0.2) is 4.39 Å². The molecule has 0 bridgehead atoms. The largest absolute Gasteiger partial charge is 0.416 e. The number of hydrogen-bond donors (Lipinski definition) is 0. The maximum Gasteiger partial charge on any atom is 0.416 e. The summed E-state index contributed by atoms with van der Waals surface area (Å²) in [6, 6.07) is 11.1. The van der Waals surface area contributed by atoms with Crippen molar-refractivity contribution >= 4 is 11.6 Å². The molecule has 0 aliphatic carbocycles. The molecule has 1 amide bonds. The highest BCUT2D eigenvalue weighted by atomic mass is 19.4. The van der Waals surface area contributed by atoms with Crippen LogP contribution in [0, 0.1) is 5.82 Å². The van der Waals surface area contributed by atoms with Crippen LogP contribution in [0.15, 0.2) is 48.5 Å². The Bertz CT molecular complexity index is 1080. The molecule has 0 atom stereocenters. The summed E-state index contributed by atoms with van der Waals surface area (Å²) >= 11 is 0. The maximum atomic E-state index is 13.9. The van der Waals surface area contributed by atoms with Crippen molar-refractivity contribution in [3.8, 4) is 11.4 Å². The van der Waals surface area contributed by atoms with Crippen LogP contribution in [0.2, 0.25) is 0 Å². The normalized spacial score (nSPS) is 14.7. The van der Waals surface area contributed by atoms with Crippen LogP contribution in [0.3, 0.4) is 0 Å². The number of carbonyl (C=O) groups is 1. The monoisotopic (exact) mass is 434 g/mol. The predicted molar refractivity (Wildman–Crippen MR) is 103 cm³/mol. The summed E-state index contributed by atoms with van der Waals surface area (Å²) in [4.78, 5) is 17.1. The van der Waals surface area contributed by atoms with Crippen molar-refractivity contribution in [1.82, 2.24) is 25.1 Å². The molecule has 1 saturated heterocycles. The fraction of sp³-hybridized carbons (Fsp3) is 0.300. The van der Waals surface area contributed by atoms with E-state index in [0.29, 0.717) is 31.9 Å². The SMILES string of the molecule is O=C(Cn1nnc(-c2cccc(C(F)(F)F)c2)n1)N1CCN(c2ccccc2F)CC1. The van der Waals surface area contributed by atoms with E-state index in [1.807, 2.05) is 4.90 Å². The second-order valence-corrected chi connectivity index (χ2v) is 7.04. The number of hydrogen-bond acceptors (Lipinski definition) is 5. The third-order valence-corrected chi connectivity index (χ3v) is 5.00. The summed E-state index contributed by atoms with van der Waals surface area (Å²) in [5.74, 6) is -0.555. The Morgan fingerprint density at radius 2 is 1.74 bits per heavy atom. The molecular weight excluding hydrogens is 416 g/mol. The average molecular weight is 434 g/mol. The van der Waals surface area contributed by atoms with Gasteiger partial charge in [-0.2, -0.15) is 18.0 Å². The summed E-state index contributed by atoms with van der Waals surface area (Å²) in [5, 5.41) is 11.6. The van der Waals surface area contributed by atoms with E-state index in [4.69, 9.17) is 0 Å². The first kappa shape index (κ1) is 20.8. The van der Waals surface area contributed by atoms with E-state index in [2.05, 4.69) is 15.4 Å². The van der Waals surface area contributed by atoms with Crippen LogP contribution < -0.4 is 4.90 Å². The lowest BCUT2D eigenvalue weighted by atomic mass is 10.1. The first-order valence-electron chi connectivity index (χ1n) is 9.54. The maximum absolute atomic E-state index is 13.9. The van der Waals surface area contributed by atoms with Crippen LogP contribution in [0.4, 0.5) is 23.2 Å². The van der Waals surface area contributed by atoms with Crippen LogP contribution >= 0.6 is 0 Å². The second kappa shape index (κ2) is 8.32. The Hall–Kier alpha value is -3.50. The summed E-state index contributed by atoms with van der Waals surface area (Å²) in [5.41, 5.74) is -0.157. The lowest BCUT2D eigenvalue weighted by molar-refractivity contribution is -0.137. The number of amides is 1. The molecule has 0 spiro atoms. The first-order chi connectivity index (χ1) is 14.8. The Balaban J connectivity index is 1.37. The van der Waals surface area contributed by atoms with Crippen LogP contribution in [0.5, 0.6) is 0 Å². The molecule has 162 valence electrons. The van der Waals surface area contributed by atoms with Crippen LogP contribution in [-0.4, -0.2) is 57.2 Å². The number of rotatable bonds is 4. The number of anilines is 1. The zero-order valence-electron chi connectivity index (χ0n) is 16.3. The summed E-state index contributed by atoms with van der Waals surface area (Å²) in [6.07, 6.45) is -4.48. The minimum Gasteiger partial charge on any atom is -0.366 e. The minimum absolute atomic E-state index is 0.00303. The zero-order chi connectivity index (χ0) is 22.0. The van der Waals surface area contributed by atoms with Crippen molar-refractivity contribution in [2.75, 3.05) is 31.1 Å². The second-order valence-electron chi connectivity index (χ2n) is 7.04. The zero-order valence-corrected chi connectivity index (χ0v) is 16.3. The number of alkyl halides is 3. The molecular formula is C20H18F4N6O. The van der Waals surface area contributed by atoms with Gasteiger partial charge in [-0.3, -0.25) is 4.79 Å². The Morgan fingerprint density at radius 1 is 1.00 bits per heavy atom. The molecule has 3 aromatic rings. The van der Waals surface area contributed by atoms with Gasteiger partial charge in [-0.15, -0.1) is 10.2 Å². The Labute approximate surface area is 174 Å². The fourth-order valence-electron chi connectivity index (χ4n) is 3.39. The summed E-state index contributed by atoms with van der Waals surface area (Å²) < 4.78 is 52.6. The number of nitrogens with zero attached hydrogens (tertiary/aromatic N) is 6. The number of piperazine rings is 1. The molecule has 2 aromatic carbocycles. The molecule has 7 nitrogen and oxygen atoms in total. The minimum atomic E-state index is -4.48. The van der Waals surface area contributed by atoms with Gasteiger partial charge in [0, 0.05) is 31.7 Å². The molecule has 1 aliphatic heterocycles. The molecule has 1 aromatic heterocycles. The third-order valence-electron chi connectivity index (χ3n) is 5.00. The number of halogens is 4. The topological polar surface area (TPSA) is 67.2 Å². The average Bonchev–Trinajstić information content (AvgIpc) is 3.22. The molecule has 4 rings (SSSR count). The van der Waals surface area contributed by atoms with Gasteiger partial charge in [-0.05, 0) is 29.5 Å². The lowest BCUT2D eigenvalue weighted by Gasteiger charge is -2.36. The van der Waals surface area contributed by atoms with Gasteiger partial charge in [0.05, 0.1) is 11.3 Å². The van der Waals surface area contributed by atoms with Crippen molar-refractivity contribution in [2.45, 2.75) is 12.7 Å². The lowest BCUT2D eigenvalue weighted by Crippen LogP contribution is -2.50. The smallest absolute Gasteiger partial charge is 0.366 e. The van der Waals surface area contributed by atoms with Crippen molar-refractivity contribution in [3.63, 3.8) is 0 Å². The Kier molecular flexibility index (Phi) is 5.57.